The molecule has 7 heteroatoms. The third-order valence-corrected chi connectivity index (χ3v) is 2.24. The van der Waals surface area contributed by atoms with Gasteiger partial charge in [-0.05, 0) is 0 Å². The Bertz CT molecular complexity index is 235. The Morgan fingerprint density at radius 1 is 1.53 bits per heavy atom. The summed E-state index contributed by atoms with van der Waals surface area (Å²) in [6.07, 6.45) is -5.06. The van der Waals surface area contributed by atoms with Crippen LogP contribution in [0.5, 0.6) is 0 Å². The van der Waals surface area contributed by atoms with Crippen LogP contribution in [0, 0.1) is 0 Å². The van der Waals surface area contributed by atoms with Crippen molar-refractivity contribution in [3.05, 3.63) is 0 Å². The molecule has 1 rings (SSSR count). The standard InChI is InChI=1S/C8H15NO6/c1-3(11)9-5-6(13)7(4(12)2-10)15-8(5)14/h4-8,10,12-14H,2H2,1H3,(H,9,11)/t4-,5-,6+,7-,8-/m0/s1. The van der Waals surface area contributed by atoms with Crippen LogP contribution in [0.2, 0.25) is 0 Å². The lowest BCUT2D eigenvalue weighted by Gasteiger charge is -2.20. The van der Waals surface area contributed by atoms with Gasteiger partial charge in [0, 0.05) is 6.92 Å². The number of amides is 1. The molecule has 5 atom stereocenters. The second-order valence-electron chi connectivity index (χ2n) is 3.46. The van der Waals surface area contributed by atoms with Crippen LogP contribution >= 0.6 is 0 Å². The Balaban J connectivity index is 2.65. The molecule has 1 heterocycles. The summed E-state index contributed by atoms with van der Waals surface area (Å²) in [6, 6.07) is -0.992. The highest BCUT2D eigenvalue weighted by Gasteiger charge is 2.46. The first-order valence-electron chi connectivity index (χ1n) is 4.55. The Labute approximate surface area is 86.3 Å². The number of carbonyl (C=O) groups is 1. The van der Waals surface area contributed by atoms with E-state index in [1.54, 1.807) is 0 Å². The van der Waals surface area contributed by atoms with Crippen LogP contribution in [0.3, 0.4) is 0 Å². The van der Waals surface area contributed by atoms with E-state index >= 15 is 0 Å². The van der Waals surface area contributed by atoms with Crippen LogP contribution in [-0.2, 0) is 9.53 Å². The Hall–Kier alpha value is -0.730. The molecule has 0 spiro atoms. The van der Waals surface area contributed by atoms with E-state index in [-0.39, 0.29) is 0 Å². The smallest absolute Gasteiger partial charge is 0.217 e. The van der Waals surface area contributed by atoms with Crippen LogP contribution in [0.1, 0.15) is 6.92 Å². The predicted molar refractivity (Wildman–Crippen MR) is 47.6 cm³/mol. The maximum atomic E-state index is 10.7. The van der Waals surface area contributed by atoms with Crippen molar-refractivity contribution in [1.29, 1.82) is 0 Å². The van der Waals surface area contributed by atoms with Gasteiger partial charge in [0.05, 0.1) is 6.61 Å². The minimum atomic E-state index is -1.39. The lowest BCUT2D eigenvalue weighted by Crippen LogP contribution is -2.48. The van der Waals surface area contributed by atoms with Gasteiger partial charge in [0.2, 0.25) is 5.91 Å². The number of carbonyl (C=O) groups excluding carboxylic acids is 1. The second kappa shape index (κ2) is 4.86. The van der Waals surface area contributed by atoms with Gasteiger partial charge in [-0.25, -0.2) is 0 Å². The van der Waals surface area contributed by atoms with E-state index in [1.165, 1.54) is 6.92 Å². The molecule has 1 fully saturated rings. The van der Waals surface area contributed by atoms with Gasteiger partial charge in [-0.15, -0.1) is 0 Å². The molecule has 0 aliphatic carbocycles. The van der Waals surface area contributed by atoms with Crippen LogP contribution in [0.25, 0.3) is 0 Å². The molecule has 7 nitrogen and oxygen atoms in total. The molecular formula is C8H15NO6. The van der Waals surface area contributed by atoms with E-state index in [0.29, 0.717) is 0 Å². The zero-order valence-corrected chi connectivity index (χ0v) is 8.20. The van der Waals surface area contributed by atoms with E-state index in [4.69, 9.17) is 9.84 Å². The van der Waals surface area contributed by atoms with Crippen molar-refractivity contribution in [2.75, 3.05) is 6.61 Å². The van der Waals surface area contributed by atoms with Crippen molar-refractivity contribution in [2.45, 2.75) is 37.6 Å². The summed E-state index contributed by atoms with van der Waals surface area (Å²) in [7, 11) is 0. The molecule has 1 aliphatic heterocycles. The van der Waals surface area contributed by atoms with E-state index in [2.05, 4.69) is 5.32 Å². The van der Waals surface area contributed by atoms with Crippen molar-refractivity contribution in [3.63, 3.8) is 0 Å². The first-order valence-corrected chi connectivity index (χ1v) is 4.55. The molecule has 0 bridgehead atoms. The lowest BCUT2D eigenvalue weighted by molar-refractivity contribution is -0.141. The topological polar surface area (TPSA) is 119 Å². The van der Waals surface area contributed by atoms with Gasteiger partial charge in [-0.1, -0.05) is 0 Å². The summed E-state index contributed by atoms with van der Waals surface area (Å²) in [6.45, 7) is 0.635. The third-order valence-electron chi connectivity index (χ3n) is 2.24. The minimum Gasteiger partial charge on any atom is -0.394 e. The fourth-order valence-corrected chi connectivity index (χ4v) is 1.51. The largest absolute Gasteiger partial charge is 0.394 e. The molecule has 15 heavy (non-hydrogen) atoms. The predicted octanol–water partition coefficient (Wildman–Crippen LogP) is -3.08. The number of ether oxygens (including phenoxy) is 1. The number of rotatable bonds is 3. The molecule has 0 radical (unpaired) electrons. The number of hydrogen-bond acceptors (Lipinski definition) is 6. The summed E-state index contributed by atoms with van der Waals surface area (Å²) in [5.41, 5.74) is 0. The van der Waals surface area contributed by atoms with Crippen molar-refractivity contribution < 1.29 is 30.0 Å². The molecule has 0 aromatic rings. The summed E-state index contributed by atoms with van der Waals surface area (Å²) < 4.78 is 4.82. The first kappa shape index (κ1) is 12.3. The molecule has 0 aromatic heterocycles. The zero-order chi connectivity index (χ0) is 11.6. The van der Waals surface area contributed by atoms with E-state index in [9.17, 15) is 20.1 Å². The highest BCUT2D eigenvalue weighted by Crippen LogP contribution is 2.22. The van der Waals surface area contributed by atoms with Crippen LogP contribution in [-0.4, -0.2) is 63.6 Å². The van der Waals surface area contributed by atoms with Crippen molar-refractivity contribution in [2.24, 2.45) is 0 Å². The SMILES string of the molecule is CC(=O)N[C@H]1[C@@H](O)[C@H]([C@@H](O)CO)O[C@@H]1O. The second-order valence-corrected chi connectivity index (χ2v) is 3.46. The fraction of sp³-hybridized carbons (Fsp3) is 0.875. The van der Waals surface area contributed by atoms with Gasteiger partial charge in [0.15, 0.2) is 6.29 Å². The summed E-state index contributed by atoms with van der Waals surface area (Å²) >= 11 is 0. The van der Waals surface area contributed by atoms with E-state index in [1.807, 2.05) is 0 Å². The van der Waals surface area contributed by atoms with Gasteiger partial charge in [-0.2, -0.15) is 0 Å². The maximum absolute atomic E-state index is 10.7. The summed E-state index contributed by atoms with van der Waals surface area (Å²) in [4.78, 5) is 10.7. The normalized spacial score (nSPS) is 37.7. The summed E-state index contributed by atoms with van der Waals surface area (Å²) in [5, 5.41) is 39.1. The van der Waals surface area contributed by atoms with Crippen molar-refractivity contribution in [3.8, 4) is 0 Å². The molecule has 1 amide bonds. The van der Waals surface area contributed by atoms with Crippen LogP contribution < -0.4 is 5.32 Å². The molecule has 5 N–H and O–H groups in total. The van der Waals surface area contributed by atoms with Crippen molar-refractivity contribution in [1.82, 2.24) is 5.32 Å². The Kier molecular flexibility index (Phi) is 4.00. The number of hydrogen-bond donors (Lipinski definition) is 5. The average molecular weight is 221 g/mol. The maximum Gasteiger partial charge on any atom is 0.217 e. The highest BCUT2D eigenvalue weighted by molar-refractivity contribution is 5.73. The van der Waals surface area contributed by atoms with Gasteiger partial charge < -0.3 is 30.5 Å². The quantitative estimate of drug-likeness (QED) is 0.345. The Morgan fingerprint density at radius 2 is 2.13 bits per heavy atom. The third kappa shape index (κ3) is 2.64. The van der Waals surface area contributed by atoms with E-state index in [0.717, 1.165) is 0 Å². The molecule has 1 saturated heterocycles. The molecule has 1 aliphatic rings. The zero-order valence-electron chi connectivity index (χ0n) is 8.20. The first-order chi connectivity index (χ1) is 6.97. The van der Waals surface area contributed by atoms with Gasteiger partial charge in [0.1, 0.15) is 24.4 Å². The van der Waals surface area contributed by atoms with Crippen LogP contribution in [0.4, 0.5) is 0 Å². The van der Waals surface area contributed by atoms with Gasteiger partial charge >= 0.3 is 0 Å². The van der Waals surface area contributed by atoms with Crippen LogP contribution in [0.15, 0.2) is 0 Å². The van der Waals surface area contributed by atoms with E-state index < -0.39 is 43.2 Å². The molecule has 0 aromatic carbocycles. The summed E-state index contributed by atoms with van der Waals surface area (Å²) in [5.74, 6) is -0.430. The van der Waals surface area contributed by atoms with Crippen molar-refractivity contribution >= 4 is 5.91 Å². The molecule has 0 saturated carbocycles. The molecule has 88 valence electrons. The molecular weight excluding hydrogens is 206 g/mol. The minimum absolute atomic E-state index is 0.430. The Morgan fingerprint density at radius 3 is 2.60 bits per heavy atom. The average Bonchev–Trinajstić information content (AvgIpc) is 2.44. The van der Waals surface area contributed by atoms with Gasteiger partial charge in [-0.3, -0.25) is 4.79 Å². The van der Waals surface area contributed by atoms with Gasteiger partial charge in [0.25, 0.3) is 0 Å². The number of nitrogens with one attached hydrogen (secondary N) is 1. The number of aliphatic hydroxyl groups excluding tert-OH is 4. The molecule has 0 unspecified atom stereocenters. The highest BCUT2D eigenvalue weighted by atomic mass is 16.6. The monoisotopic (exact) mass is 221 g/mol. The fourth-order valence-electron chi connectivity index (χ4n) is 1.51. The lowest BCUT2D eigenvalue weighted by atomic mass is 10.0. The number of aliphatic hydroxyl groups is 4.